The highest BCUT2D eigenvalue weighted by molar-refractivity contribution is 5.56. The second kappa shape index (κ2) is 11.0. The fourth-order valence-corrected chi connectivity index (χ4v) is 10.8. The van der Waals surface area contributed by atoms with Crippen molar-refractivity contribution in [1.29, 1.82) is 0 Å². The summed E-state index contributed by atoms with van der Waals surface area (Å²) in [6.45, 7) is 12.7. The lowest BCUT2D eigenvalue weighted by molar-refractivity contribution is -0.299. The average molecular weight is 525 g/mol. The molecule has 4 heteroatoms. The molecule has 4 aliphatic carbocycles. The number of nitrogens with two attached hydrogens (primary N) is 2. The summed E-state index contributed by atoms with van der Waals surface area (Å²) in [6.07, 6.45) is 15.8. The molecule has 4 nitrogen and oxygen atoms in total. The molecule has 5 N–H and O–H groups in total. The van der Waals surface area contributed by atoms with E-state index in [-0.39, 0.29) is 12.0 Å². The molecule has 0 amide bonds. The van der Waals surface area contributed by atoms with Crippen LogP contribution < -0.4 is 11.5 Å². The highest BCUT2D eigenvalue weighted by Gasteiger charge is 2.60. The van der Waals surface area contributed by atoms with Crippen LogP contribution in [0, 0.1) is 58.2 Å². The van der Waals surface area contributed by atoms with Crippen molar-refractivity contribution in [1.82, 2.24) is 0 Å². The Morgan fingerprint density at radius 2 is 1.66 bits per heavy atom. The van der Waals surface area contributed by atoms with Gasteiger partial charge in [0.2, 0.25) is 0 Å². The van der Waals surface area contributed by atoms with Crippen molar-refractivity contribution in [2.75, 3.05) is 11.5 Å². The van der Waals surface area contributed by atoms with Crippen LogP contribution in [0.25, 0.3) is 0 Å². The summed E-state index contributed by atoms with van der Waals surface area (Å²) in [7, 11) is 0. The number of fused-ring (bicyclic) bond motifs is 5. The molecule has 0 spiro atoms. The Morgan fingerprint density at radius 1 is 0.921 bits per heavy atom. The van der Waals surface area contributed by atoms with Gasteiger partial charge in [-0.05, 0) is 134 Å². The molecule has 0 aromatic heterocycles. The average Bonchev–Trinajstić information content (AvgIpc) is 3.23. The van der Waals surface area contributed by atoms with Gasteiger partial charge in [-0.2, -0.15) is 0 Å². The molecule has 0 radical (unpaired) electrons. The third-order valence-electron chi connectivity index (χ3n) is 12.9. The molecule has 5 rings (SSSR count). The summed E-state index contributed by atoms with van der Waals surface area (Å²) >= 11 is 0. The fourth-order valence-electron chi connectivity index (χ4n) is 10.8. The van der Waals surface area contributed by atoms with Gasteiger partial charge in [-0.25, -0.2) is 4.89 Å². The maximum atomic E-state index is 9.98. The van der Waals surface area contributed by atoms with E-state index in [1.807, 2.05) is 18.2 Å². The van der Waals surface area contributed by atoms with Gasteiger partial charge in [0.25, 0.3) is 0 Å². The van der Waals surface area contributed by atoms with E-state index >= 15 is 0 Å². The topological polar surface area (TPSA) is 81.5 Å². The first kappa shape index (κ1) is 28.3. The molecule has 1 aromatic rings. The fraction of sp³-hybridized carbons (Fsp3) is 0.824. The van der Waals surface area contributed by atoms with E-state index < -0.39 is 0 Å². The number of hydrogen-bond donors (Lipinski definition) is 3. The zero-order valence-electron chi connectivity index (χ0n) is 24.9. The van der Waals surface area contributed by atoms with Crippen molar-refractivity contribution in [2.24, 2.45) is 58.2 Å². The van der Waals surface area contributed by atoms with Gasteiger partial charge in [0, 0.05) is 16.9 Å². The van der Waals surface area contributed by atoms with Crippen molar-refractivity contribution >= 4 is 11.4 Å². The Morgan fingerprint density at radius 3 is 2.39 bits per heavy atom. The van der Waals surface area contributed by atoms with Crippen LogP contribution in [0.2, 0.25) is 0 Å². The lowest BCUT2D eigenvalue weighted by Gasteiger charge is -2.61. The molecular weight excluding hydrogens is 468 g/mol. The highest BCUT2D eigenvalue weighted by atomic mass is 17.1. The maximum Gasteiger partial charge on any atom is 0.123 e. The summed E-state index contributed by atoms with van der Waals surface area (Å²) in [4.78, 5) is 5.14. The number of benzene rings is 1. The quantitative estimate of drug-likeness (QED) is 0.180. The largest absolute Gasteiger partial charge is 0.399 e. The van der Waals surface area contributed by atoms with Crippen LogP contribution in [0.3, 0.4) is 0 Å². The van der Waals surface area contributed by atoms with Crippen molar-refractivity contribution < 1.29 is 10.1 Å². The van der Waals surface area contributed by atoms with Gasteiger partial charge < -0.3 is 11.5 Å². The molecule has 4 saturated carbocycles. The second-order valence-corrected chi connectivity index (χ2v) is 15.1. The van der Waals surface area contributed by atoms with Gasteiger partial charge in [0.1, 0.15) is 6.10 Å². The normalized spacial score (nSPS) is 40.3. The summed E-state index contributed by atoms with van der Waals surface area (Å²) in [5.41, 5.74) is 15.5. The SMILES string of the molecule is CC(C)CCCC(C)C1CCC2C3CCC4CC(C(OO)c5cc(N)ccc5N)CCC4(C)C3CCC12C. The van der Waals surface area contributed by atoms with E-state index in [4.69, 9.17) is 16.4 Å². The molecule has 10 unspecified atom stereocenters. The summed E-state index contributed by atoms with van der Waals surface area (Å²) < 4.78 is 0. The second-order valence-electron chi connectivity index (χ2n) is 15.1. The molecular formula is C34H56N2O2. The molecule has 0 heterocycles. The molecule has 4 aliphatic rings. The van der Waals surface area contributed by atoms with Crippen LogP contribution in [0.4, 0.5) is 11.4 Å². The first-order valence-corrected chi connectivity index (χ1v) is 16.0. The Bertz CT molecular complexity index is 964. The Hall–Kier alpha value is -1.26. The van der Waals surface area contributed by atoms with E-state index in [9.17, 15) is 5.26 Å². The minimum Gasteiger partial charge on any atom is -0.399 e. The summed E-state index contributed by atoms with van der Waals surface area (Å²) in [5, 5.41) is 9.98. The minimum atomic E-state index is -0.386. The predicted molar refractivity (Wildman–Crippen MR) is 158 cm³/mol. The van der Waals surface area contributed by atoms with Gasteiger partial charge in [-0.15, -0.1) is 0 Å². The Balaban J connectivity index is 1.28. The Kier molecular flexibility index (Phi) is 8.15. The summed E-state index contributed by atoms with van der Waals surface area (Å²) in [5.74, 6) is 6.32. The van der Waals surface area contributed by atoms with Crippen LogP contribution in [0.5, 0.6) is 0 Å². The van der Waals surface area contributed by atoms with Crippen LogP contribution in [-0.4, -0.2) is 5.26 Å². The lowest BCUT2D eigenvalue weighted by Crippen LogP contribution is -2.54. The maximum absolute atomic E-state index is 9.98. The Labute approximate surface area is 232 Å². The van der Waals surface area contributed by atoms with Crippen LogP contribution >= 0.6 is 0 Å². The third kappa shape index (κ3) is 4.91. The van der Waals surface area contributed by atoms with E-state index in [0.29, 0.717) is 28.1 Å². The van der Waals surface area contributed by atoms with Gasteiger partial charge in [0.15, 0.2) is 0 Å². The molecule has 1 aromatic carbocycles. The van der Waals surface area contributed by atoms with Crippen molar-refractivity contribution in [3.05, 3.63) is 23.8 Å². The van der Waals surface area contributed by atoms with E-state index in [0.717, 1.165) is 53.9 Å². The monoisotopic (exact) mass is 524 g/mol. The molecule has 0 aliphatic heterocycles. The summed E-state index contributed by atoms with van der Waals surface area (Å²) in [6, 6.07) is 5.56. The van der Waals surface area contributed by atoms with Gasteiger partial charge >= 0.3 is 0 Å². The molecule has 0 bridgehead atoms. The minimum absolute atomic E-state index is 0.287. The molecule has 4 fully saturated rings. The first-order chi connectivity index (χ1) is 18.1. The molecule has 0 saturated heterocycles. The van der Waals surface area contributed by atoms with Crippen molar-refractivity contribution in [2.45, 2.75) is 118 Å². The number of rotatable bonds is 8. The zero-order chi connectivity index (χ0) is 27.2. The van der Waals surface area contributed by atoms with Crippen molar-refractivity contribution in [3.63, 3.8) is 0 Å². The van der Waals surface area contributed by atoms with Crippen LogP contribution in [0.15, 0.2) is 18.2 Å². The van der Waals surface area contributed by atoms with Gasteiger partial charge in [-0.1, -0.05) is 53.9 Å². The molecule has 38 heavy (non-hydrogen) atoms. The van der Waals surface area contributed by atoms with E-state index in [1.54, 1.807) is 0 Å². The van der Waals surface area contributed by atoms with Crippen molar-refractivity contribution in [3.8, 4) is 0 Å². The first-order valence-electron chi connectivity index (χ1n) is 16.0. The molecule has 214 valence electrons. The molecule has 10 atom stereocenters. The lowest BCUT2D eigenvalue weighted by atomic mass is 9.43. The standard InChI is InChI=1S/C34H56N2O2/c1-21(2)7-6-8-22(3)28-12-13-29-26-11-9-24-19-23(32(38-37)27-20-25(35)10-14-31(27)36)15-17-33(24,4)30(26)16-18-34(28,29)5/h10,14,20-24,26,28-30,32,37H,6-9,11-13,15-19,35-36H2,1-5H3. The zero-order valence-corrected chi connectivity index (χ0v) is 24.9. The number of anilines is 2. The van der Waals surface area contributed by atoms with E-state index in [1.165, 1.54) is 64.2 Å². The van der Waals surface area contributed by atoms with Gasteiger partial charge in [0.05, 0.1) is 0 Å². The van der Waals surface area contributed by atoms with Gasteiger partial charge in [-0.3, -0.25) is 5.26 Å². The smallest absolute Gasteiger partial charge is 0.123 e. The number of hydrogen-bond acceptors (Lipinski definition) is 4. The van der Waals surface area contributed by atoms with Crippen LogP contribution in [0.1, 0.15) is 123 Å². The number of nitrogen functional groups attached to an aromatic ring is 2. The third-order valence-corrected chi connectivity index (χ3v) is 12.9. The van der Waals surface area contributed by atoms with E-state index in [2.05, 4.69) is 34.6 Å². The van der Waals surface area contributed by atoms with Crippen LogP contribution in [-0.2, 0) is 4.89 Å². The highest BCUT2D eigenvalue weighted by Crippen LogP contribution is 2.69. The predicted octanol–water partition coefficient (Wildman–Crippen LogP) is 9.12.